The molecule has 3 aromatic rings. The molecule has 0 unspecified atom stereocenters. The van der Waals surface area contributed by atoms with Gasteiger partial charge in [0.05, 0.1) is 19.2 Å². The Hall–Kier alpha value is -3.66. The quantitative estimate of drug-likeness (QED) is 0.337. The zero-order chi connectivity index (χ0) is 28.8. The lowest BCUT2D eigenvalue weighted by atomic mass is 10.1. The Labute approximate surface area is 251 Å². The van der Waals surface area contributed by atoms with Crippen molar-refractivity contribution in [3.05, 3.63) is 83.9 Å². The zero-order valence-corrected chi connectivity index (χ0v) is 24.6. The number of anilines is 3. The predicted octanol–water partition coefficient (Wildman–Crippen LogP) is 4.89. The minimum atomic E-state index is -0.689. The summed E-state index contributed by atoms with van der Waals surface area (Å²) in [4.78, 5) is 35.0. The molecule has 2 fully saturated rings. The second-order valence-electron chi connectivity index (χ2n) is 10.1. The molecule has 0 aromatic heterocycles. The second kappa shape index (κ2) is 13.3. The summed E-state index contributed by atoms with van der Waals surface area (Å²) in [6.07, 6.45) is 0.814. The third-order valence-corrected chi connectivity index (χ3v) is 8.19. The third-order valence-electron chi connectivity index (χ3n) is 7.52. The number of para-hydroxylation sites is 1. The number of benzene rings is 3. The summed E-state index contributed by atoms with van der Waals surface area (Å²) < 4.78 is 5.19. The van der Waals surface area contributed by atoms with E-state index < -0.39 is 6.04 Å². The fourth-order valence-corrected chi connectivity index (χ4v) is 5.85. The van der Waals surface area contributed by atoms with Crippen LogP contribution < -0.4 is 19.9 Å². The van der Waals surface area contributed by atoms with Gasteiger partial charge >= 0.3 is 0 Å². The molecular weight excluding hydrogens is 558 g/mol. The van der Waals surface area contributed by atoms with E-state index >= 15 is 0 Å². The first kappa shape index (κ1) is 28.9. The summed E-state index contributed by atoms with van der Waals surface area (Å²) >= 11 is 11.9. The van der Waals surface area contributed by atoms with Gasteiger partial charge in [-0.05, 0) is 85.8 Å². The van der Waals surface area contributed by atoms with Crippen molar-refractivity contribution in [2.24, 2.45) is 0 Å². The molecule has 2 heterocycles. The lowest BCUT2D eigenvalue weighted by Crippen LogP contribution is -2.47. The number of hydrogen-bond acceptors (Lipinski definition) is 6. The van der Waals surface area contributed by atoms with Crippen LogP contribution in [0.2, 0.25) is 5.02 Å². The van der Waals surface area contributed by atoms with E-state index in [9.17, 15) is 9.59 Å². The van der Waals surface area contributed by atoms with E-state index in [4.69, 9.17) is 28.6 Å². The highest BCUT2D eigenvalue weighted by atomic mass is 35.5. The van der Waals surface area contributed by atoms with Crippen molar-refractivity contribution in [1.82, 2.24) is 9.80 Å². The summed E-state index contributed by atoms with van der Waals surface area (Å²) in [5, 5.41) is 3.88. The van der Waals surface area contributed by atoms with E-state index in [0.717, 1.165) is 39.1 Å². The summed E-state index contributed by atoms with van der Waals surface area (Å²) in [6.45, 7) is 5.37. The highest BCUT2D eigenvalue weighted by Crippen LogP contribution is 2.29. The lowest BCUT2D eigenvalue weighted by Gasteiger charge is -2.36. The summed E-state index contributed by atoms with van der Waals surface area (Å²) in [6, 6.07) is 23.9. The van der Waals surface area contributed by atoms with Crippen molar-refractivity contribution >= 4 is 57.8 Å². The lowest BCUT2D eigenvalue weighted by molar-refractivity contribution is -0.124. The maximum absolute atomic E-state index is 13.7. The molecule has 8 nitrogen and oxygen atoms in total. The molecule has 214 valence electrons. The Morgan fingerprint density at radius 2 is 1.61 bits per heavy atom. The van der Waals surface area contributed by atoms with Gasteiger partial charge in [0.15, 0.2) is 5.11 Å². The van der Waals surface area contributed by atoms with Crippen LogP contribution in [-0.4, -0.2) is 79.1 Å². The van der Waals surface area contributed by atoms with Gasteiger partial charge in [-0.1, -0.05) is 29.8 Å². The van der Waals surface area contributed by atoms with Crippen molar-refractivity contribution in [2.45, 2.75) is 18.9 Å². The Balaban J connectivity index is 1.22. The summed E-state index contributed by atoms with van der Waals surface area (Å²) in [5.74, 6) is 0.237. The number of hydrogen-bond donors (Lipinski definition) is 1. The molecule has 2 saturated heterocycles. The van der Waals surface area contributed by atoms with E-state index in [-0.39, 0.29) is 18.2 Å². The standard InChI is InChI=1S/C31H34ClN5O3S/c1-40-27-14-10-24(11-15-27)33-29(38)22-28-30(39)37(26-12-8-23(32)9-13-26)31(41)36(28)17-5-16-34-18-20-35(21-19-34)25-6-3-2-4-7-25/h2-4,6-15,28H,5,16-22H2,1H3,(H,33,38)/t28-/m1/s1. The van der Waals surface area contributed by atoms with Gasteiger partial charge in [0.1, 0.15) is 11.8 Å². The number of ether oxygens (including phenoxy) is 1. The fraction of sp³-hybridized carbons (Fsp3) is 0.323. The van der Waals surface area contributed by atoms with Gasteiger partial charge in [-0.25, -0.2) is 0 Å². The van der Waals surface area contributed by atoms with E-state index in [2.05, 4.69) is 39.4 Å². The van der Waals surface area contributed by atoms with Crippen LogP contribution in [-0.2, 0) is 9.59 Å². The van der Waals surface area contributed by atoms with Gasteiger partial charge in [-0.15, -0.1) is 0 Å². The zero-order valence-electron chi connectivity index (χ0n) is 23.0. The van der Waals surface area contributed by atoms with Gasteiger partial charge in [-0.3, -0.25) is 19.4 Å². The van der Waals surface area contributed by atoms with Crippen molar-refractivity contribution in [2.75, 3.05) is 61.5 Å². The highest BCUT2D eigenvalue weighted by molar-refractivity contribution is 7.80. The smallest absolute Gasteiger partial charge is 0.256 e. The van der Waals surface area contributed by atoms with Crippen molar-refractivity contribution in [1.29, 1.82) is 0 Å². The normalized spacial score (nSPS) is 17.7. The Kier molecular flexibility index (Phi) is 9.38. The maximum Gasteiger partial charge on any atom is 0.256 e. The molecule has 2 aliphatic heterocycles. The number of nitrogens with one attached hydrogen (secondary N) is 1. The van der Waals surface area contributed by atoms with Crippen LogP contribution in [0.25, 0.3) is 0 Å². The Morgan fingerprint density at radius 3 is 2.27 bits per heavy atom. The predicted molar refractivity (Wildman–Crippen MR) is 168 cm³/mol. The Bertz CT molecular complexity index is 1350. The number of methoxy groups -OCH3 is 1. The molecule has 0 bridgehead atoms. The minimum Gasteiger partial charge on any atom is -0.497 e. The van der Waals surface area contributed by atoms with Gasteiger partial charge < -0.3 is 19.9 Å². The molecule has 0 spiro atoms. The molecule has 5 rings (SSSR count). The van der Waals surface area contributed by atoms with Gasteiger partial charge in [0, 0.05) is 49.1 Å². The van der Waals surface area contributed by atoms with Crippen LogP contribution in [0.5, 0.6) is 5.75 Å². The monoisotopic (exact) mass is 591 g/mol. The molecule has 0 radical (unpaired) electrons. The second-order valence-corrected chi connectivity index (χ2v) is 10.9. The van der Waals surface area contributed by atoms with Crippen LogP contribution in [0.3, 0.4) is 0 Å². The molecule has 41 heavy (non-hydrogen) atoms. The molecule has 3 aromatic carbocycles. The topological polar surface area (TPSA) is 68.4 Å². The van der Waals surface area contributed by atoms with Crippen LogP contribution in [0.15, 0.2) is 78.9 Å². The van der Waals surface area contributed by atoms with E-state index in [0.29, 0.717) is 33.8 Å². The molecular formula is C31H34ClN5O3S. The number of rotatable bonds is 10. The number of carbonyl (C=O) groups excluding carboxylic acids is 2. The molecule has 1 atom stereocenters. The summed E-state index contributed by atoms with van der Waals surface area (Å²) in [5.41, 5.74) is 2.54. The number of amides is 2. The minimum absolute atomic E-state index is 0.00909. The van der Waals surface area contributed by atoms with E-state index in [1.165, 1.54) is 10.6 Å². The molecule has 1 N–H and O–H groups in total. The first-order valence-electron chi connectivity index (χ1n) is 13.8. The Morgan fingerprint density at radius 1 is 0.927 bits per heavy atom. The number of thiocarbonyl (C=S) groups is 1. The van der Waals surface area contributed by atoms with E-state index in [1.807, 2.05) is 11.0 Å². The highest BCUT2D eigenvalue weighted by Gasteiger charge is 2.43. The van der Waals surface area contributed by atoms with Crippen LogP contribution in [0, 0.1) is 0 Å². The maximum atomic E-state index is 13.7. The fourth-order valence-electron chi connectivity index (χ4n) is 5.31. The van der Waals surface area contributed by atoms with Crippen molar-refractivity contribution in [3.8, 4) is 5.75 Å². The number of halogens is 1. The molecule has 0 saturated carbocycles. The van der Waals surface area contributed by atoms with Gasteiger partial charge in [0.2, 0.25) is 5.91 Å². The van der Waals surface area contributed by atoms with Crippen LogP contribution in [0.1, 0.15) is 12.8 Å². The van der Waals surface area contributed by atoms with E-state index in [1.54, 1.807) is 55.6 Å². The van der Waals surface area contributed by atoms with Gasteiger partial charge in [-0.2, -0.15) is 0 Å². The largest absolute Gasteiger partial charge is 0.497 e. The molecule has 2 aliphatic rings. The number of piperazine rings is 1. The van der Waals surface area contributed by atoms with Crippen LogP contribution in [0.4, 0.5) is 17.1 Å². The SMILES string of the molecule is COc1ccc(NC(=O)C[C@@H]2C(=O)N(c3ccc(Cl)cc3)C(=S)N2CCCN2CCN(c3ccccc3)CC2)cc1. The first-order valence-corrected chi connectivity index (χ1v) is 14.6. The molecule has 10 heteroatoms. The number of nitrogens with zero attached hydrogens (tertiary/aromatic N) is 4. The third kappa shape index (κ3) is 6.98. The van der Waals surface area contributed by atoms with Gasteiger partial charge in [0.25, 0.3) is 5.91 Å². The molecule has 0 aliphatic carbocycles. The van der Waals surface area contributed by atoms with Crippen molar-refractivity contribution < 1.29 is 14.3 Å². The van der Waals surface area contributed by atoms with Crippen LogP contribution >= 0.6 is 23.8 Å². The molecule has 2 amide bonds. The average Bonchev–Trinajstić information content (AvgIpc) is 3.22. The summed E-state index contributed by atoms with van der Waals surface area (Å²) in [7, 11) is 1.59. The first-order chi connectivity index (χ1) is 19.9. The number of carbonyl (C=O) groups is 2. The van der Waals surface area contributed by atoms with Crippen molar-refractivity contribution in [3.63, 3.8) is 0 Å². The average molecular weight is 592 g/mol.